The molecule has 1 fully saturated rings. The minimum absolute atomic E-state index is 0.605. The van der Waals surface area contributed by atoms with Crippen molar-refractivity contribution in [1.82, 2.24) is 4.98 Å². The Kier molecular flexibility index (Phi) is 4.62. The summed E-state index contributed by atoms with van der Waals surface area (Å²) in [4.78, 5) is 4.21. The van der Waals surface area contributed by atoms with E-state index in [9.17, 15) is 0 Å². The number of hydrazine groups is 1. The summed E-state index contributed by atoms with van der Waals surface area (Å²) < 4.78 is 0. The average Bonchev–Trinajstić information content (AvgIpc) is 2.33. The van der Waals surface area contributed by atoms with E-state index in [1.54, 1.807) is 0 Å². The Morgan fingerprint density at radius 2 is 1.76 bits per heavy atom. The molecule has 0 radical (unpaired) electrons. The summed E-state index contributed by atoms with van der Waals surface area (Å²) in [5, 5.41) is 3.57. The van der Waals surface area contributed by atoms with Crippen molar-refractivity contribution >= 4 is 11.5 Å². The van der Waals surface area contributed by atoms with Crippen LogP contribution in [-0.4, -0.2) is 11.0 Å². The van der Waals surface area contributed by atoms with E-state index >= 15 is 0 Å². The molecule has 1 aliphatic rings. The Bertz CT molecular complexity index is 315. The number of nitrogens with two attached hydrogens (primary N) is 1. The Morgan fingerprint density at radius 3 is 2.35 bits per heavy atom. The van der Waals surface area contributed by atoms with E-state index in [-0.39, 0.29) is 0 Å². The summed E-state index contributed by atoms with van der Waals surface area (Å²) in [7, 11) is 0. The molecule has 17 heavy (non-hydrogen) atoms. The first-order chi connectivity index (χ1) is 8.38. The lowest BCUT2D eigenvalue weighted by Crippen LogP contribution is -2.20. The molecule has 2 rings (SSSR count). The van der Waals surface area contributed by atoms with Crippen LogP contribution >= 0.6 is 0 Å². The van der Waals surface area contributed by atoms with E-state index in [0.29, 0.717) is 11.9 Å². The highest BCUT2D eigenvalue weighted by Crippen LogP contribution is 2.20. The molecule has 1 aliphatic carbocycles. The van der Waals surface area contributed by atoms with E-state index in [1.807, 2.05) is 18.3 Å². The maximum absolute atomic E-state index is 5.29. The van der Waals surface area contributed by atoms with Gasteiger partial charge in [-0.2, -0.15) is 0 Å². The van der Waals surface area contributed by atoms with Gasteiger partial charge in [-0.3, -0.25) is 0 Å². The van der Waals surface area contributed by atoms with Crippen LogP contribution in [0.4, 0.5) is 11.5 Å². The van der Waals surface area contributed by atoms with Crippen LogP contribution in [0.15, 0.2) is 18.3 Å². The van der Waals surface area contributed by atoms with Gasteiger partial charge in [-0.15, -0.1) is 0 Å². The number of nitrogen functional groups attached to an aromatic ring is 1. The third kappa shape index (κ3) is 3.89. The van der Waals surface area contributed by atoms with Crippen molar-refractivity contribution in [3.05, 3.63) is 18.3 Å². The lowest BCUT2D eigenvalue weighted by atomic mass is 9.96. The Balaban J connectivity index is 1.88. The van der Waals surface area contributed by atoms with E-state index in [2.05, 4.69) is 15.7 Å². The maximum atomic E-state index is 5.29. The molecule has 1 aromatic rings. The molecular formula is C13H22N4. The van der Waals surface area contributed by atoms with Gasteiger partial charge >= 0.3 is 0 Å². The maximum Gasteiger partial charge on any atom is 0.140 e. The van der Waals surface area contributed by atoms with Crippen LogP contribution in [0.2, 0.25) is 0 Å². The number of hydrogen-bond acceptors (Lipinski definition) is 4. The second kappa shape index (κ2) is 6.45. The van der Waals surface area contributed by atoms with Crippen molar-refractivity contribution in [2.45, 2.75) is 51.0 Å². The minimum atomic E-state index is 0.605. The molecule has 0 amide bonds. The highest BCUT2D eigenvalue weighted by molar-refractivity contribution is 5.47. The predicted molar refractivity (Wildman–Crippen MR) is 71.8 cm³/mol. The summed E-state index contributed by atoms with van der Waals surface area (Å²) in [5.41, 5.74) is 3.63. The van der Waals surface area contributed by atoms with E-state index < -0.39 is 0 Å². The molecule has 0 saturated heterocycles. The second-order valence-electron chi connectivity index (χ2n) is 4.76. The molecule has 4 N–H and O–H groups in total. The molecule has 4 nitrogen and oxygen atoms in total. The molecule has 1 saturated carbocycles. The topological polar surface area (TPSA) is 63.0 Å². The fourth-order valence-electron chi connectivity index (χ4n) is 2.40. The van der Waals surface area contributed by atoms with Gasteiger partial charge < -0.3 is 10.7 Å². The van der Waals surface area contributed by atoms with Crippen LogP contribution < -0.4 is 16.6 Å². The van der Waals surface area contributed by atoms with Crippen LogP contribution in [-0.2, 0) is 0 Å². The number of pyridine rings is 1. The zero-order chi connectivity index (χ0) is 11.9. The molecule has 0 spiro atoms. The van der Waals surface area contributed by atoms with Gasteiger partial charge in [-0.05, 0) is 25.0 Å². The molecule has 0 aromatic carbocycles. The summed E-state index contributed by atoms with van der Waals surface area (Å²) in [6.45, 7) is 0. The largest absolute Gasteiger partial charge is 0.381 e. The predicted octanol–water partition coefficient (Wildman–Crippen LogP) is 2.89. The molecule has 4 heteroatoms. The van der Waals surface area contributed by atoms with Crippen LogP contribution in [0.25, 0.3) is 0 Å². The Labute approximate surface area is 103 Å². The number of hydrogen-bond donors (Lipinski definition) is 3. The highest BCUT2D eigenvalue weighted by Gasteiger charge is 2.10. The summed E-state index contributed by atoms with van der Waals surface area (Å²) in [5.74, 6) is 5.99. The van der Waals surface area contributed by atoms with Crippen LogP contribution in [0, 0.1) is 0 Å². The third-order valence-corrected chi connectivity index (χ3v) is 3.39. The summed E-state index contributed by atoms with van der Waals surface area (Å²) in [6.07, 6.45) is 11.2. The molecule has 0 aliphatic heterocycles. The van der Waals surface area contributed by atoms with E-state index in [1.165, 1.54) is 44.9 Å². The monoisotopic (exact) mass is 234 g/mol. The zero-order valence-electron chi connectivity index (χ0n) is 10.3. The number of aromatic nitrogens is 1. The number of nitrogens with one attached hydrogen (secondary N) is 2. The second-order valence-corrected chi connectivity index (χ2v) is 4.76. The van der Waals surface area contributed by atoms with Gasteiger partial charge in [0.15, 0.2) is 0 Å². The van der Waals surface area contributed by atoms with Gasteiger partial charge in [-0.1, -0.05) is 32.1 Å². The number of nitrogens with zero attached hydrogens (tertiary/aromatic N) is 1. The standard InChI is InChI=1S/C13H22N4/c14-17-13-9-8-12(10-15-13)16-11-6-4-2-1-3-5-7-11/h8-11,16H,1-7,14H2,(H,15,17). The van der Waals surface area contributed by atoms with E-state index in [4.69, 9.17) is 5.84 Å². The number of anilines is 2. The fraction of sp³-hybridized carbons (Fsp3) is 0.615. The van der Waals surface area contributed by atoms with Crippen LogP contribution in [0.5, 0.6) is 0 Å². The lowest BCUT2D eigenvalue weighted by Gasteiger charge is -2.22. The quantitative estimate of drug-likeness (QED) is 0.556. The Hall–Kier alpha value is -1.29. The normalized spacial score (nSPS) is 18.2. The van der Waals surface area contributed by atoms with Crippen molar-refractivity contribution in [3.63, 3.8) is 0 Å². The lowest BCUT2D eigenvalue weighted by molar-refractivity contribution is 0.471. The van der Waals surface area contributed by atoms with Gasteiger partial charge in [-0.25, -0.2) is 10.8 Å². The first-order valence-electron chi connectivity index (χ1n) is 6.58. The van der Waals surface area contributed by atoms with Crippen molar-refractivity contribution in [1.29, 1.82) is 0 Å². The van der Waals surface area contributed by atoms with Crippen LogP contribution in [0.3, 0.4) is 0 Å². The first-order valence-corrected chi connectivity index (χ1v) is 6.58. The molecular weight excluding hydrogens is 212 g/mol. The summed E-state index contributed by atoms with van der Waals surface area (Å²) >= 11 is 0. The summed E-state index contributed by atoms with van der Waals surface area (Å²) in [6, 6.07) is 4.53. The van der Waals surface area contributed by atoms with Gasteiger partial charge in [0.2, 0.25) is 0 Å². The molecule has 0 bridgehead atoms. The van der Waals surface area contributed by atoms with Crippen molar-refractivity contribution < 1.29 is 0 Å². The number of rotatable bonds is 3. The van der Waals surface area contributed by atoms with Crippen molar-refractivity contribution in [3.8, 4) is 0 Å². The van der Waals surface area contributed by atoms with Crippen LogP contribution in [0.1, 0.15) is 44.9 Å². The zero-order valence-corrected chi connectivity index (χ0v) is 10.3. The molecule has 0 unspecified atom stereocenters. The van der Waals surface area contributed by atoms with Crippen molar-refractivity contribution in [2.75, 3.05) is 10.7 Å². The first kappa shape index (κ1) is 12.2. The van der Waals surface area contributed by atoms with Crippen molar-refractivity contribution in [2.24, 2.45) is 5.84 Å². The van der Waals surface area contributed by atoms with Gasteiger partial charge in [0.25, 0.3) is 0 Å². The molecule has 94 valence electrons. The smallest absolute Gasteiger partial charge is 0.140 e. The van der Waals surface area contributed by atoms with Gasteiger partial charge in [0.05, 0.1) is 11.9 Å². The Morgan fingerprint density at radius 1 is 1.06 bits per heavy atom. The fourth-order valence-corrected chi connectivity index (χ4v) is 2.40. The highest BCUT2D eigenvalue weighted by atomic mass is 15.2. The third-order valence-electron chi connectivity index (χ3n) is 3.39. The van der Waals surface area contributed by atoms with Gasteiger partial charge in [0.1, 0.15) is 5.82 Å². The SMILES string of the molecule is NNc1ccc(NC2CCCCCCC2)cn1. The molecule has 0 atom stereocenters. The van der Waals surface area contributed by atoms with E-state index in [0.717, 1.165) is 5.69 Å². The molecule has 1 aromatic heterocycles. The average molecular weight is 234 g/mol. The van der Waals surface area contributed by atoms with Gasteiger partial charge in [0, 0.05) is 6.04 Å². The minimum Gasteiger partial charge on any atom is -0.381 e. The molecule has 1 heterocycles.